The van der Waals surface area contributed by atoms with E-state index >= 15 is 0 Å². The molecule has 30 heavy (non-hydrogen) atoms. The molecule has 1 aliphatic heterocycles. The van der Waals surface area contributed by atoms with Crippen molar-refractivity contribution in [2.45, 2.75) is 19.2 Å². The molecule has 1 heterocycles. The first-order chi connectivity index (χ1) is 14.7. The molecule has 1 unspecified atom stereocenters. The van der Waals surface area contributed by atoms with Crippen molar-refractivity contribution in [3.05, 3.63) is 65.7 Å². The van der Waals surface area contributed by atoms with Gasteiger partial charge in [0.15, 0.2) is 5.96 Å². The highest BCUT2D eigenvalue weighted by atomic mass is 19.3. The van der Waals surface area contributed by atoms with E-state index < -0.39 is 6.61 Å². The first-order valence-electron chi connectivity index (χ1n) is 10.0. The van der Waals surface area contributed by atoms with Crippen molar-refractivity contribution in [3.63, 3.8) is 0 Å². The number of benzene rings is 2. The Bertz CT molecular complexity index is 799. The minimum Gasteiger partial charge on any atom is -0.434 e. The van der Waals surface area contributed by atoms with Gasteiger partial charge in [-0.25, -0.2) is 0 Å². The Morgan fingerprint density at radius 2 is 1.77 bits per heavy atom. The van der Waals surface area contributed by atoms with Crippen LogP contribution in [0, 0.1) is 0 Å². The number of hydrogen-bond donors (Lipinski definition) is 2. The quantitative estimate of drug-likeness (QED) is 0.510. The van der Waals surface area contributed by atoms with Gasteiger partial charge >= 0.3 is 6.61 Å². The molecule has 0 spiro atoms. The molecule has 0 bridgehead atoms. The van der Waals surface area contributed by atoms with E-state index in [-0.39, 0.29) is 11.8 Å². The molecule has 2 aromatic carbocycles. The standard InChI is InChI=1S/C22H28F2N4O2/c1-25-22(26-15-18-9-5-6-10-20(18)30-21(23)24)27-16-19(17-7-3-2-4-8-17)28-11-13-29-14-12-28/h2-10,19,21H,11-16H2,1H3,(H2,25,26,27). The fourth-order valence-corrected chi connectivity index (χ4v) is 3.48. The SMILES string of the molecule is CN=C(NCc1ccccc1OC(F)F)NCC(c1ccccc1)N1CCOCC1. The number of rotatable bonds is 8. The number of aliphatic imine (C=N–C) groups is 1. The summed E-state index contributed by atoms with van der Waals surface area (Å²) in [6, 6.07) is 17.2. The maximum Gasteiger partial charge on any atom is 0.387 e. The van der Waals surface area contributed by atoms with Crippen LogP contribution in [0.25, 0.3) is 0 Å². The minimum absolute atomic E-state index is 0.158. The Morgan fingerprint density at radius 3 is 2.47 bits per heavy atom. The highest BCUT2D eigenvalue weighted by Crippen LogP contribution is 2.22. The van der Waals surface area contributed by atoms with Crippen LogP contribution in [0.3, 0.4) is 0 Å². The van der Waals surface area contributed by atoms with Crippen molar-refractivity contribution in [3.8, 4) is 5.75 Å². The van der Waals surface area contributed by atoms with E-state index in [1.807, 2.05) is 18.2 Å². The number of para-hydroxylation sites is 1. The lowest BCUT2D eigenvalue weighted by Crippen LogP contribution is -2.46. The second-order valence-corrected chi connectivity index (χ2v) is 6.87. The van der Waals surface area contributed by atoms with Crippen LogP contribution in [0.4, 0.5) is 8.78 Å². The summed E-state index contributed by atoms with van der Waals surface area (Å²) in [5.74, 6) is 0.752. The number of nitrogens with zero attached hydrogens (tertiary/aromatic N) is 2. The average molecular weight is 418 g/mol. The van der Waals surface area contributed by atoms with Gasteiger partial charge in [0.2, 0.25) is 0 Å². The maximum atomic E-state index is 12.6. The molecule has 2 aromatic rings. The highest BCUT2D eigenvalue weighted by Gasteiger charge is 2.22. The summed E-state index contributed by atoms with van der Waals surface area (Å²) in [6.07, 6.45) is 0. The number of guanidine groups is 1. The largest absolute Gasteiger partial charge is 0.434 e. The number of morpholine rings is 1. The van der Waals surface area contributed by atoms with Crippen molar-refractivity contribution in [1.82, 2.24) is 15.5 Å². The van der Waals surface area contributed by atoms with E-state index in [1.165, 1.54) is 11.6 Å². The highest BCUT2D eigenvalue weighted by molar-refractivity contribution is 5.79. The van der Waals surface area contributed by atoms with E-state index in [2.05, 4.69) is 37.4 Å². The summed E-state index contributed by atoms with van der Waals surface area (Å²) >= 11 is 0. The number of halogens is 2. The van der Waals surface area contributed by atoms with Crippen LogP contribution >= 0.6 is 0 Å². The third-order valence-corrected chi connectivity index (χ3v) is 4.99. The zero-order valence-electron chi connectivity index (χ0n) is 17.1. The monoisotopic (exact) mass is 418 g/mol. The summed E-state index contributed by atoms with van der Waals surface area (Å²) in [5.41, 5.74) is 1.85. The summed E-state index contributed by atoms with van der Waals surface area (Å²) in [4.78, 5) is 6.66. The van der Waals surface area contributed by atoms with Gasteiger partial charge in [-0.15, -0.1) is 0 Å². The van der Waals surface area contributed by atoms with Gasteiger partial charge in [-0.3, -0.25) is 9.89 Å². The van der Waals surface area contributed by atoms with E-state index in [0.29, 0.717) is 24.6 Å². The molecule has 0 saturated carbocycles. The molecule has 162 valence electrons. The van der Waals surface area contributed by atoms with Crippen molar-refractivity contribution >= 4 is 5.96 Å². The first kappa shape index (κ1) is 22.0. The minimum atomic E-state index is -2.86. The molecular formula is C22H28F2N4O2. The van der Waals surface area contributed by atoms with Gasteiger partial charge in [-0.05, 0) is 11.6 Å². The van der Waals surface area contributed by atoms with Gasteiger partial charge in [0.1, 0.15) is 5.75 Å². The van der Waals surface area contributed by atoms with Crippen LogP contribution in [-0.2, 0) is 11.3 Å². The molecule has 0 radical (unpaired) electrons. The molecular weight excluding hydrogens is 390 g/mol. The molecule has 0 aliphatic carbocycles. The second kappa shape index (κ2) is 11.5. The summed E-state index contributed by atoms with van der Waals surface area (Å²) < 4.78 is 35.3. The summed E-state index contributed by atoms with van der Waals surface area (Å²) in [6.45, 7) is 1.28. The summed E-state index contributed by atoms with van der Waals surface area (Å²) in [7, 11) is 1.68. The Hall–Kier alpha value is -2.71. The third kappa shape index (κ3) is 6.40. The lowest BCUT2D eigenvalue weighted by molar-refractivity contribution is -0.0504. The van der Waals surface area contributed by atoms with Crippen LogP contribution in [0.1, 0.15) is 17.2 Å². The molecule has 1 aliphatic rings. The second-order valence-electron chi connectivity index (χ2n) is 6.87. The molecule has 0 aromatic heterocycles. The van der Waals surface area contributed by atoms with Crippen LogP contribution in [0.15, 0.2) is 59.6 Å². The maximum absolute atomic E-state index is 12.6. The number of ether oxygens (including phenoxy) is 2. The van der Waals surface area contributed by atoms with Crippen LogP contribution < -0.4 is 15.4 Å². The predicted molar refractivity (Wildman–Crippen MR) is 113 cm³/mol. The average Bonchev–Trinajstić information content (AvgIpc) is 2.78. The van der Waals surface area contributed by atoms with Gasteiger partial charge in [-0.1, -0.05) is 48.5 Å². The smallest absolute Gasteiger partial charge is 0.387 e. The number of hydrogen-bond acceptors (Lipinski definition) is 4. The van der Waals surface area contributed by atoms with Crippen LogP contribution in [0.2, 0.25) is 0 Å². The molecule has 6 nitrogen and oxygen atoms in total. The zero-order valence-corrected chi connectivity index (χ0v) is 17.1. The first-order valence-corrected chi connectivity index (χ1v) is 10.0. The molecule has 3 rings (SSSR count). The Labute approximate surface area is 175 Å². The molecule has 0 amide bonds. The van der Waals surface area contributed by atoms with Crippen LogP contribution in [0.5, 0.6) is 5.75 Å². The number of nitrogens with one attached hydrogen (secondary N) is 2. The van der Waals surface area contributed by atoms with E-state index in [1.54, 1.807) is 25.2 Å². The van der Waals surface area contributed by atoms with Crippen LogP contribution in [-0.4, -0.2) is 57.4 Å². The Kier molecular flexibility index (Phi) is 8.41. The van der Waals surface area contributed by atoms with Gasteiger partial charge in [-0.2, -0.15) is 8.78 Å². The van der Waals surface area contributed by atoms with Crippen molar-refractivity contribution < 1.29 is 18.3 Å². The van der Waals surface area contributed by atoms with E-state index in [0.717, 1.165) is 26.3 Å². The predicted octanol–water partition coefficient (Wildman–Crippen LogP) is 3.03. The van der Waals surface area contributed by atoms with Gasteiger partial charge in [0, 0.05) is 38.8 Å². The molecule has 1 atom stereocenters. The fourth-order valence-electron chi connectivity index (χ4n) is 3.48. The lowest BCUT2D eigenvalue weighted by Gasteiger charge is -2.35. The molecule has 1 saturated heterocycles. The molecule has 8 heteroatoms. The van der Waals surface area contributed by atoms with E-state index in [9.17, 15) is 8.78 Å². The molecule has 2 N–H and O–H groups in total. The number of alkyl halides is 2. The van der Waals surface area contributed by atoms with Gasteiger partial charge < -0.3 is 20.1 Å². The van der Waals surface area contributed by atoms with Gasteiger partial charge in [0.25, 0.3) is 0 Å². The van der Waals surface area contributed by atoms with Crippen molar-refractivity contribution in [2.24, 2.45) is 4.99 Å². The van der Waals surface area contributed by atoms with Crippen molar-refractivity contribution in [1.29, 1.82) is 0 Å². The zero-order chi connectivity index (χ0) is 21.2. The van der Waals surface area contributed by atoms with Crippen molar-refractivity contribution in [2.75, 3.05) is 39.9 Å². The lowest BCUT2D eigenvalue weighted by atomic mass is 10.0. The molecule has 1 fully saturated rings. The topological polar surface area (TPSA) is 58.1 Å². The van der Waals surface area contributed by atoms with Gasteiger partial charge in [0.05, 0.1) is 19.3 Å². The summed E-state index contributed by atoms with van der Waals surface area (Å²) in [5, 5.41) is 6.54. The Morgan fingerprint density at radius 1 is 1.07 bits per heavy atom. The normalized spacial score (nSPS) is 16.3. The Balaban J connectivity index is 1.62. The fraction of sp³-hybridized carbons (Fsp3) is 0.409. The van der Waals surface area contributed by atoms with E-state index in [4.69, 9.17) is 4.74 Å². The third-order valence-electron chi connectivity index (χ3n) is 4.99.